The Balaban J connectivity index is 1.20. The molecular formula is C27H27Cl2N5O2. The number of methoxy groups -OCH3 is 1. The standard InChI is InChI=1S/C27H27Cl2N5O2/c1-15-25(29)24(21(28)12-30-15)16(2)36-18-5-6-22-20(8-18)26(33-32-22)17-4-7-23(31-11-17)34-13-27(14-34)9-19(10-27)35-3/h4-8,11-12,16,19H,9-10,13-14H2,1-3H3,(H,32,33)/t16-/m1/s1. The third-order valence-electron chi connectivity index (χ3n) is 7.49. The lowest BCUT2D eigenvalue weighted by atomic mass is 9.62. The smallest absolute Gasteiger partial charge is 0.128 e. The fourth-order valence-electron chi connectivity index (χ4n) is 5.47. The van der Waals surface area contributed by atoms with Gasteiger partial charge in [-0.25, -0.2) is 4.98 Å². The van der Waals surface area contributed by atoms with Crippen molar-refractivity contribution in [2.24, 2.45) is 5.41 Å². The number of anilines is 1. The topological polar surface area (TPSA) is 76.2 Å². The zero-order valence-electron chi connectivity index (χ0n) is 20.4. The van der Waals surface area contributed by atoms with Crippen molar-refractivity contribution in [1.82, 2.24) is 20.2 Å². The number of hydrogen-bond acceptors (Lipinski definition) is 6. The maximum absolute atomic E-state index is 6.47. The molecule has 1 aliphatic heterocycles. The first kappa shape index (κ1) is 23.5. The fraction of sp³-hybridized carbons (Fsp3) is 0.370. The van der Waals surface area contributed by atoms with Crippen molar-refractivity contribution < 1.29 is 9.47 Å². The van der Waals surface area contributed by atoms with Gasteiger partial charge in [0, 0.05) is 54.5 Å². The van der Waals surface area contributed by atoms with Crippen LogP contribution < -0.4 is 9.64 Å². The summed E-state index contributed by atoms with van der Waals surface area (Å²) in [5.41, 5.74) is 4.58. The van der Waals surface area contributed by atoms with Crippen LogP contribution in [-0.4, -0.2) is 46.5 Å². The molecule has 1 aliphatic carbocycles. The second kappa shape index (κ2) is 8.91. The molecule has 1 N–H and O–H groups in total. The minimum absolute atomic E-state index is 0.352. The maximum Gasteiger partial charge on any atom is 0.128 e. The van der Waals surface area contributed by atoms with Gasteiger partial charge in [-0.3, -0.25) is 10.1 Å². The Morgan fingerprint density at radius 1 is 1.11 bits per heavy atom. The minimum atomic E-state index is -0.352. The number of nitrogens with one attached hydrogen (secondary N) is 1. The lowest BCUT2D eigenvalue weighted by molar-refractivity contribution is -0.0733. The number of pyridine rings is 2. The first-order chi connectivity index (χ1) is 17.4. The first-order valence-electron chi connectivity index (χ1n) is 12.1. The quantitative estimate of drug-likeness (QED) is 0.315. The molecule has 9 heteroatoms. The van der Waals surface area contributed by atoms with Crippen LogP contribution in [0, 0.1) is 12.3 Å². The summed E-state index contributed by atoms with van der Waals surface area (Å²) in [6.45, 7) is 5.87. The van der Waals surface area contributed by atoms with Crippen LogP contribution in [0.2, 0.25) is 10.0 Å². The molecule has 0 radical (unpaired) electrons. The van der Waals surface area contributed by atoms with Gasteiger partial charge >= 0.3 is 0 Å². The van der Waals surface area contributed by atoms with Gasteiger partial charge < -0.3 is 14.4 Å². The number of benzene rings is 1. The van der Waals surface area contributed by atoms with Gasteiger partial charge in [-0.2, -0.15) is 5.10 Å². The van der Waals surface area contributed by atoms with Gasteiger partial charge in [0.15, 0.2) is 0 Å². The summed E-state index contributed by atoms with van der Waals surface area (Å²) in [5.74, 6) is 1.70. The largest absolute Gasteiger partial charge is 0.486 e. The third kappa shape index (κ3) is 3.99. The van der Waals surface area contributed by atoms with E-state index in [2.05, 4.69) is 32.2 Å². The van der Waals surface area contributed by atoms with Crippen LogP contribution in [0.1, 0.15) is 37.1 Å². The highest BCUT2D eigenvalue weighted by Gasteiger charge is 2.52. The molecule has 1 atom stereocenters. The van der Waals surface area contributed by atoms with Gasteiger partial charge in [0.25, 0.3) is 0 Å². The SMILES string of the molecule is COC1CC2(C1)CN(c1ccc(-c3n[nH]c4ccc(O[C@H](C)c5c(Cl)cnc(C)c5Cl)cc34)cn1)C2. The summed E-state index contributed by atoms with van der Waals surface area (Å²) < 4.78 is 11.7. The molecule has 1 spiro atoms. The van der Waals surface area contributed by atoms with Gasteiger partial charge in [-0.1, -0.05) is 23.2 Å². The van der Waals surface area contributed by atoms with E-state index in [1.165, 1.54) is 0 Å². The van der Waals surface area contributed by atoms with Crippen LogP contribution >= 0.6 is 23.2 Å². The van der Waals surface area contributed by atoms with E-state index in [-0.39, 0.29) is 6.10 Å². The van der Waals surface area contributed by atoms with Gasteiger partial charge in [-0.15, -0.1) is 0 Å². The number of halogens is 2. The van der Waals surface area contributed by atoms with E-state index in [1.54, 1.807) is 13.3 Å². The molecule has 2 fully saturated rings. The van der Waals surface area contributed by atoms with E-state index in [4.69, 9.17) is 37.7 Å². The summed E-state index contributed by atoms with van der Waals surface area (Å²) in [6.07, 6.45) is 5.88. The van der Waals surface area contributed by atoms with Crippen molar-refractivity contribution in [2.45, 2.75) is 38.9 Å². The van der Waals surface area contributed by atoms with Crippen LogP contribution in [-0.2, 0) is 4.74 Å². The van der Waals surface area contributed by atoms with E-state index in [9.17, 15) is 0 Å². The van der Waals surface area contributed by atoms with E-state index in [1.807, 2.05) is 38.2 Å². The third-order valence-corrected chi connectivity index (χ3v) is 8.27. The van der Waals surface area contributed by atoms with E-state index in [0.717, 1.165) is 65.2 Å². The normalized spacial score (nSPS) is 17.8. The first-order valence-corrected chi connectivity index (χ1v) is 12.8. The van der Waals surface area contributed by atoms with Crippen LogP contribution in [0.5, 0.6) is 5.75 Å². The predicted octanol–water partition coefficient (Wildman–Crippen LogP) is 6.39. The number of ether oxygens (including phenoxy) is 2. The molecule has 0 amide bonds. The number of rotatable bonds is 6. The maximum atomic E-state index is 6.47. The Morgan fingerprint density at radius 2 is 1.92 bits per heavy atom. The fourth-order valence-corrected chi connectivity index (χ4v) is 6.12. The lowest BCUT2D eigenvalue weighted by Gasteiger charge is -2.59. The Kier molecular flexibility index (Phi) is 5.82. The van der Waals surface area contributed by atoms with Crippen LogP contribution in [0.3, 0.4) is 0 Å². The highest BCUT2D eigenvalue weighted by Crippen LogP contribution is 2.50. The van der Waals surface area contributed by atoms with E-state index >= 15 is 0 Å². The van der Waals surface area contributed by atoms with Gasteiger partial charge in [-0.05, 0) is 57.0 Å². The summed E-state index contributed by atoms with van der Waals surface area (Å²) in [6, 6.07) is 10.0. The molecule has 3 aromatic heterocycles. The zero-order chi connectivity index (χ0) is 25.0. The summed E-state index contributed by atoms with van der Waals surface area (Å²) in [7, 11) is 1.80. The van der Waals surface area contributed by atoms with Crippen molar-refractivity contribution >= 4 is 39.9 Å². The van der Waals surface area contributed by atoms with Crippen LogP contribution in [0.4, 0.5) is 5.82 Å². The molecule has 1 saturated heterocycles. The Bertz CT molecular complexity index is 1420. The van der Waals surface area contributed by atoms with E-state index in [0.29, 0.717) is 27.3 Å². The summed E-state index contributed by atoms with van der Waals surface area (Å²) in [4.78, 5) is 11.3. The van der Waals surface area contributed by atoms with Crippen molar-refractivity contribution in [3.8, 4) is 17.0 Å². The lowest BCUT2D eigenvalue weighted by Crippen LogP contribution is -2.64. The number of aromatic amines is 1. The molecule has 6 rings (SSSR count). The van der Waals surface area contributed by atoms with Crippen molar-refractivity contribution in [3.05, 3.63) is 64.0 Å². The Labute approximate surface area is 219 Å². The highest BCUT2D eigenvalue weighted by molar-refractivity contribution is 6.36. The molecule has 0 unspecified atom stereocenters. The van der Waals surface area contributed by atoms with Gasteiger partial charge in [0.1, 0.15) is 23.4 Å². The molecule has 36 heavy (non-hydrogen) atoms. The second-order valence-corrected chi connectivity index (χ2v) is 10.8. The average molecular weight is 524 g/mol. The summed E-state index contributed by atoms with van der Waals surface area (Å²) >= 11 is 12.9. The molecule has 1 saturated carbocycles. The van der Waals surface area contributed by atoms with Gasteiger partial charge in [0.05, 0.1) is 27.4 Å². The number of H-pyrrole nitrogens is 1. The molecule has 186 valence electrons. The zero-order valence-corrected chi connectivity index (χ0v) is 21.9. The molecular weight excluding hydrogens is 497 g/mol. The monoisotopic (exact) mass is 523 g/mol. The number of nitrogens with zero attached hydrogens (tertiary/aromatic N) is 4. The van der Waals surface area contributed by atoms with Crippen LogP contribution in [0.25, 0.3) is 22.2 Å². The van der Waals surface area contributed by atoms with E-state index < -0.39 is 0 Å². The Hall–Kier alpha value is -2.87. The van der Waals surface area contributed by atoms with Crippen molar-refractivity contribution in [3.63, 3.8) is 0 Å². The highest BCUT2D eigenvalue weighted by atomic mass is 35.5. The van der Waals surface area contributed by atoms with Crippen molar-refractivity contribution in [1.29, 1.82) is 0 Å². The van der Waals surface area contributed by atoms with Crippen LogP contribution in [0.15, 0.2) is 42.7 Å². The summed E-state index contributed by atoms with van der Waals surface area (Å²) in [5, 5.41) is 9.64. The predicted molar refractivity (Wildman–Crippen MR) is 142 cm³/mol. The molecule has 4 heterocycles. The molecule has 2 aliphatic rings. The number of aryl methyl sites for hydroxylation is 1. The molecule has 0 bridgehead atoms. The second-order valence-electron chi connectivity index (χ2n) is 9.99. The minimum Gasteiger partial charge on any atom is -0.486 e. The van der Waals surface area contributed by atoms with Gasteiger partial charge in [0.2, 0.25) is 0 Å². The molecule has 4 aromatic rings. The number of fused-ring (bicyclic) bond motifs is 1. The number of hydrogen-bond donors (Lipinski definition) is 1. The Morgan fingerprint density at radius 3 is 2.64 bits per heavy atom. The molecule has 1 aromatic carbocycles. The number of aromatic nitrogens is 4. The average Bonchev–Trinajstić information content (AvgIpc) is 3.24. The van der Waals surface area contributed by atoms with Crippen molar-refractivity contribution in [2.75, 3.05) is 25.1 Å². The molecule has 7 nitrogen and oxygen atoms in total.